The summed E-state index contributed by atoms with van der Waals surface area (Å²) in [5, 5.41) is 27.9. The third kappa shape index (κ3) is 6.47. The van der Waals surface area contributed by atoms with Crippen LogP contribution in [-0.4, -0.2) is 74.6 Å². The number of carbonyl (C=O) groups excluding carboxylic acids is 3. The second kappa shape index (κ2) is 12.5. The van der Waals surface area contributed by atoms with Gasteiger partial charge in [0.25, 0.3) is 0 Å². The molecule has 40 heavy (non-hydrogen) atoms. The van der Waals surface area contributed by atoms with E-state index in [0.717, 1.165) is 32.9 Å². The van der Waals surface area contributed by atoms with Crippen LogP contribution in [0.15, 0.2) is 60.9 Å². The number of H-pyrrole nitrogens is 2. The summed E-state index contributed by atoms with van der Waals surface area (Å²) in [5.41, 5.74) is 9.59. The summed E-state index contributed by atoms with van der Waals surface area (Å²) in [6.07, 6.45) is 3.79. The molecule has 9 N–H and O–H groups in total. The van der Waals surface area contributed by atoms with Gasteiger partial charge in [-0.2, -0.15) is 0 Å². The Morgan fingerprint density at radius 2 is 1.27 bits per heavy atom. The fraction of sp³-hybridized carbons (Fsp3) is 0.286. The number of carboxylic acid groups (broad SMARTS) is 1. The monoisotopic (exact) mass is 548 g/mol. The quantitative estimate of drug-likeness (QED) is 0.124. The van der Waals surface area contributed by atoms with Crippen molar-refractivity contribution < 1.29 is 29.4 Å². The van der Waals surface area contributed by atoms with Crippen LogP contribution in [0, 0.1) is 0 Å². The number of fused-ring (bicyclic) bond motifs is 2. The molecule has 4 atom stereocenters. The summed E-state index contributed by atoms with van der Waals surface area (Å²) >= 11 is 0. The van der Waals surface area contributed by atoms with Crippen molar-refractivity contribution in [2.24, 2.45) is 5.73 Å². The van der Waals surface area contributed by atoms with Crippen molar-refractivity contribution in [3.8, 4) is 0 Å². The number of aliphatic hydroxyl groups is 1. The van der Waals surface area contributed by atoms with E-state index in [-0.39, 0.29) is 12.8 Å². The van der Waals surface area contributed by atoms with Gasteiger partial charge < -0.3 is 41.9 Å². The maximum absolute atomic E-state index is 13.4. The SMILES string of the molecule is CC(NC(=O)C(CO)NC(=O)C(Cc1c[nH]c2ccccc12)NC(=O)C(N)Cc1c[nH]c2ccccc12)C(=O)O. The lowest BCUT2D eigenvalue weighted by Gasteiger charge is -2.24. The molecule has 2 aromatic carbocycles. The number of aromatic amines is 2. The first kappa shape index (κ1) is 28.3. The summed E-state index contributed by atoms with van der Waals surface area (Å²) in [7, 11) is 0. The summed E-state index contributed by atoms with van der Waals surface area (Å²) in [4.78, 5) is 56.4. The van der Waals surface area contributed by atoms with E-state index in [1.807, 2.05) is 48.5 Å². The molecule has 2 aromatic heterocycles. The van der Waals surface area contributed by atoms with Crippen molar-refractivity contribution in [3.63, 3.8) is 0 Å². The first-order valence-corrected chi connectivity index (χ1v) is 12.8. The molecule has 0 fully saturated rings. The first-order valence-electron chi connectivity index (χ1n) is 12.8. The predicted octanol–water partition coefficient (Wildman–Crippen LogP) is 0.313. The maximum Gasteiger partial charge on any atom is 0.325 e. The number of hydrogen-bond donors (Lipinski definition) is 8. The number of rotatable bonds is 12. The van der Waals surface area contributed by atoms with Gasteiger partial charge in [0.2, 0.25) is 17.7 Å². The fourth-order valence-electron chi connectivity index (χ4n) is 4.48. The van der Waals surface area contributed by atoms with Crippen molar-refractivity contribution in [2.45, 2.75) is 43.9 Å². The molecule has 0 aliphatic heterocycles. The highest BCUT2D eigenvalue weighted by molar-refractivity contribution is 5.95. The van der Waals surface area contributed by atoms with Gasteiger partial charge in [-0.25, -0.2) is 0 Å². The third-order valence-electron chi connectivity index (χ3n) is 6.73. The second-order valence-corrected chi connectivity index (χ2v) is 9.61. The fourth-order valence-corrected chi connectivity index (χ4v) is 4.48. The van der Waals surface area contributed by atoms with E-state index in [4.69, 9.17) is 10.8 Å². The smallest absolute Gasteiger partial charge is 0.325 e. The van der Waals surface area contributed by atoms with Gasteiger partial charge in [-0.1, -0.05) is 36.4 Å². The Bertz CT molecular complexity index is 1530. The largest absolute Gasteiger partial charge is 0.480 e. The molecule has 4 aromatic rings. The Labute approximate surface area is 229 Å². The highest BCUT2D eigenvalue weighted by atomic mass is 16.4. The van der Waals surface area contributed by atoms with Crippen LogP contribution < -0.4 is 21.7 Å². The van der Waals surface area contributed by atoms with Crippen LogP contribution in [0.2, 0.25) is 0 Å². The average molecular weight is 549 g/mol. The highest BCUT2D eigenvalue weighted by Crippen LogP contribution is 2.20. The minimum atomic E-state index is -1.43. The number of nitrogens with two attached hydrogens (primary N) is 1. The second-order valence-electron chi connectivity index (χ2n) is 9.61. The summed E-state index contributed by atoms with van der Waals surface area (Å²) in [6.45, 7) is 0.476. The number of aliphatic carboxylic acids is 1. The van der Waals surface area contributed by atoms with Crippen molar-refractivity contribution in [1.82, 2.24) is 25.9 Å². The third-order valence-corrected chi connectivity index (χ3v) is 6.73. The van der Waals surface area contributed by atoms with Crippen LogP contribution in [0.3, 0.4) is 0 Å². The molecule has 4 unspecified atom stereocenters. The van der Waals surface area contributed by atoms with Crippen LogP contribution in [0.5, 0.6) is 0 Å². The molecule has 4 rings (SSSR count). The molecule has 0 aliphatic carbocycles. The number of hydrogen-bond acceptors (Lipinski definition) is 6. The van der Waals surface area contributed by atoms with Gasteiger partial charge in [0.1, 0.15) is 18.1 Å². The predicted molar refractivity (Wildman–Crippen MR) is 148 cm³/mol. The Morgan fingerprint density at radius 1 is 0.775 bits per heavy atom. The molecule has 12 nitrogen and oxygen atoms in total. The van der Waals surface area contributed by atoms with Crippen molar-refractivity contribution in [3.05, 3.63) is 72.1 Å². The molecular formula is C28H32N6O6. The van der Waals surface area contributed by atoms with Gasteiger partial charge >= 0.3 is 5.97 Å². The van der Waals surface area contributed by atoms with Crippen molar-refractivity contribution in [2.75, 3.05) is 6.61 Å². The van der Waals surface area contributed by atoms with E-state index < -0.39 is 54.5 Å². The lowest BCUT2D eigenvalue weighted by Crippen LogP contribution is -2.58. The number of amides is 3. The number of para-hydroxylation sites is 2. The molecule has 0 bridgehead atoms. The summed E-state index contributed by atoms with van der Waals surface area (Å²) < 4.78 is 0. The van der Waals surface area contributed by atoms with Crippen LogP contribution in [0.1, 0.15) is 18.1 Å². The molecule has 210 valence electrons. The van der Waals surface area contributed by atoms with Crippen LogP contribution >= 0.6 is 0 Å². The van der Waals surface area contributed by atoms with Gasteiger partial charge in [-0.05, 0) is 36.6 Å². The molecule has 0 aliphatic rings. The Balaban J connectivity index is 1.52. The highest BCUT2D eigenvalue weighted by Gasteiger charge is 2.30. The van der Waals surface area contributed by atoms with E-state index in [2.05, 4.69) is 25.9 Å². The molecule has 3 amide bonds. The molecule has 0 saturated heterocycles. The molecule has 12 heteroatoms. The van der Waals surface area contributed by atoms with E-state index in [0.29, 0.717) is 0 Å². The van der Waals surface area contributed by atoms with E-state index in [9.17, 15) is 24.3 Å². The minimum absolute atomic E-state index is 0.0622. The Kier molecular flexibility index (Phi) is 8.82. The topological polar surface area (TPSA) is 202 Å². The normalized spacial score (nSPS) is 14.3. The average Bonchev–Trinajstić information content (AvgIpc) is 3.55. The number of aliphatic hydroxyl groups excluding tert-OH is 1. The molecular weight excluding hydrogens is 516 g/mol. The zero-order chi connectivity index (χ0) is 28.8. The Hall–Kier alpha value is -4.68. The summed E-state index contributed by atoms with van der Waals surface area (Å²) in [5.74, 6) is -3.46. The first-order chi connectivity index (χ1) is 19.2. The molecule has 0 spiro atoms. The van der Waals surface area contributed by atoms with E-state index in [1.54, 1.807) is 12.4 Å². The zero-order valence-corrected chi connectivity index (χ0v) is 21.8. The lowest BCUT2D eigenvalue weighted by atomic mass is 10.0. The minimum Gasteiger partial charge on any atom is -0.480 e. The van der Waals surface area contributed by atoms with Crippen LogP contribution in [-0.2, 0) is 32.0 Å². The number of carbonyl (C=O) groups is 4. The van der Waals surface area contributed by atoms with Gasteiger partial charge in [-0.15, -0.1) is 0 Å². The zero-order valence-electron chi connectivity index (χ0n) is 21.8. The van der Waals surface area contributed by atoms with Crippen molar-refractivity contribution >= 4 is 45.5 Å². The number of aromatic nitrogens is 2. The number of carboxylic acids is 1. The standard InChI is InChI=1S/C28H32N6O6/c1-15(28(39)40)32-27(38)24(14-35)34-26(37)23(11-17-13-31-22-9-5-3-7-19(17)22)33-25(36)20(29)10-16-12-30-21-8-4-2-6-18(16)21/h2-9,12-13,15,20,23-24,30-31,35H,10-11,14,29H2,1H3,(H,32,38)(H,33,36)(H,34,37)(H,39,40). The van der Waals surface area contributed by atoms with Crippen LogP contribution in [0.25, 0.3) is 21.8 Å². The Morgan fingerprint density at radius 3 is 1.82 bits per heavy atom. The van der Waals surface area contributed by atoms with Gasteiger partial charge in [0, 0.05) is 40.6 Å². The maximum atomic E-state index is 13.4. The molecule has 2 heterocycles. The van der Waals surface area contributed by atoms with E-state index in [1.165, 1.54) is 6.92 Å². The summed E-state index contributed by atoms with van der Waals surface area (Å²) in [6, 6.07) is 10.3. The van der Waals surface area contributed by atoms with Gasteiger partial charge in [0.15, 0.2) is 0 Å². The molecule has 0 saturated carbocycles. The lowest BCUT2D eigenvalue weighted by molar-refractivity contribution is -0.142. The number of nitrogens with one attached hydrogen (secondary N) is 5. The van der Waals surface area contributed by atoms with Gasteiger partial charge in [-0.3, -0.25) is 19.2 Å². The van der Waals surface area contributed by atoms with Crippen molar-refractivity contribution in [1.29, 1.82) is 0 Å². The van der Waals surface area contributed by atoms with Crippen LogP contribution in [0.4, 0.5) is 0 Å². The van der Waals surface area contributed by atoms with E-state index >= 15 is 0 Å². The van der Waals surface area contributed by atoms with Gasteiger partial charge in [0.05, 0.1) is 12.6 Å². The number of benzene rings is 2. The molecule has 0 radical (unpaired) electrons.